The molecule has 24 heavy (non-hydrogen) atoms. The summed E-state index contributed by atoms with van der Waals surface area (Å²) < 4.78 is 10.4. The van der Waals surface area contributed by atoms with Crippen LogP contribution >= 0.6 is 0 Å². The number of carboxylic acid groups (broad SMARTS) is 1. The van der Waals surface area contributed by atoms with Crippen LogP contribution in [0.25, 0.3) is 0 Å². The maximum atomic E-state index is 12.6. The molecule has 0 radical (unpaired) electrons. The van der Waals surface area contributed by atoms with Crippen LogP contribution in [0.3, 0.4) is 0 Å². The van der Waals surface area contributed by atoms with E-state index in [1.807, 2.05) is 0 Å². The highest BCUT2D eigenvalue weighted by atomic mass is 16.5. The Labute approximate surface area is 139 Å². The van der Waals surface area contributed by atoms with Crippen molar-refractivity contribution in [1.29, 1.82) is 0 Å². The van der Waals surface area contributed by atoms with Gasteiger partial charge in [-0.2, -0.15) is 0 Å². The van der Waals surface area contributed by atoms with Crippen molar-refractivity contribution in [2.24, 2.45) is 11.1 Å². The molecule has 1 heterocycles. The van der Waals surface area contributed by atoms with Crippen LogP contribution in [0.4, 0.5) is 0 Å². The molecular formula is C16H20N2O6. The monoisotopic (exact) mass is 336 g/mol. The Morgan fingerprint density at radius 1 is 1.33 bits per heavy atom. The Hall–Kier alpha value is -2.77. The van der Waals surface area contributed by atoms with Gasteiger partial charge in [0.1, 0.15) is 0 Å². The number of benzene rings is 1. The number of ether oxygens (including phenoxy) is 2. The first-order valence-electron chi connectivity index (χ1n) is 7.38. The lowest BCUT2D eigenvalue weighted by atomic mass is 9.90. The number of carbonyl (C=O) groups is 3. The number of primary amides is 1. The van der Waals surface area contributed by atoms with Crippen LogP contribution in [-0.2, 0) is 9.59 Å². The number of amides is 2. The minimum absolute atomic E-state index is 0.156. The SMILES string of the molecule is COc1cc(C(=O)N2CCC(C)(C(=O)O)C2)ccc1OCC(N)=O. The van der Waals surface area contributed by atoms with E-state index in [2.05, 4.69) is 0 Å². The van der Waals surface area contributed by atoms with Crippen molar-refractivity contribution >= 4 is 17.8 Å². The predicted molar refractivity (Wildman–Crippen MR) is 83.9 cm³/mol. The largest absolute Gasteiger partial charge is 0.493 e. The van der Waals surface area contributed by atoms with Crippen molar-refractivity contribution in [3.05, 3.63) is 23.8 Å². The summed E-state index contributed by atoms with van der Waals surface area (Å²) in [4.78, 5) is 36.1. The highest BCUT2D eigenvalue weighted by molar-refractivity contribution is 5.95. The third-order valence-electron chi connectivity index (χ3n) is 4.06. The van der Waals surface area contributed by atoms with E-state index in [0.29, 0.717) is 30.0 Å². The standard InChI is InChI=1S/C16H20N2O6/c1-16(15(21)22)5-6-18(9-16)14(20)10-3-4-11(12(7-10)23-2)24-8-13(17)19/h3-4,7H,5-6,8-9H2,1-2H3,(H2,17,19)(H,21,22). The Balaban J connectivity index is 2.16. The van der Waals surface area contributed by atoms with Crippen molar-refractivity contribution in [3.63, 3.8) is 0 Å². The van der Waals surface area contributed by atoms with Gasteiger partial charge >= 0.3 is 5.97 Å². The highest BCUT2D eigenvalue weighted by Gasteiger charge is 2.42. The maximum absolute atomic E-state index is 12.6. The summed E-state index contributed by atoms with van der Waals surface area (Å²) in [7, 11) is 1.41. The van der Waals surface area contributed by atoms with Gasteiger partial charge in [-0.15, -0.1) is 0 Å². The van der Waals surface area contributed by atoms with Crippen LogP contribution < -0.4 is 15.2 Å². The molecule has 1 atom stereocenters. The topological polar surface area (TPSA) is 119 Å². The molecule has 0 spiro atoms. The number of nitrogens with two attached hydrogens (primary N) is 1. The second-order valence-electron chi connectivity index (χ2n) is 5.96. The fourth-order valence-electron chi connectivity index (χ4n) is 2.56. The van der Waals surface area contributed by atoms with Crippen LogP contribution in [-0.4, -0.2) is 54.6 Å². The highest BCUT2D eigenvalue weighted by Crippen LogP contribution is 2.33. The number of carbonyl (C=O) groups excluding carboxylic acids is 2. The van der Waals surface area contributed by atoms with Crippen molar-refractivity contribution in [2.45, 2.75) is 13.3 Å². The van der Waals surface area contributed by atoms with Gasteiger partial charge in [-0.05, 0) is 31.5 Å². The lowest BCUT2D eigenvalue weighted by Crippen LogP contribution is -2.34. The molecule has 8 heteroatoms. The number of rotatable bonds is 6. The number of likely N-dealkylation sites (tertiary alicyclic amines) is 1. The molecule has 1 aliphatic rings. The summed E-state index contributed by atoms with van der Waals surface area (Å²) in [6.45, 7) is 1.87. The van der Waals surface area contributed by atoms with Crippen LogP contribution in [0.5, 0.6) is 11.5 Å². The van der Waals surface area contributed by atoms with E-state index in [4.69, 9.17) is 15.2 Å². The number of nitrogens with zero attached hydrogens (tertiary/aromatic N) is 1. The fourth-order valence-corrected chi connectivity index (χ4v) is 2.56. The lowest BCUT2D eigenvalue weighted by molar-refractivity contribution is -0.147. The molecule has 0 saturated carbocycles. The molecule has 0 aliphatic carbocycles. The second kappa shape index (κ2) is 6.77. The smallest absolute Gasteiger partial charge is 0.311 e. The lowest BCUT2D eigenvalue weighted by Gasteiger charge is -2.20. The minimum atomic E-state index is -0.926. The van der Waals surface area contributed by atoms with E-state index in [1.54, 1.807) is 6.92 Å². The van der Waals surface area contributed by atoms with Crippen LogP contribution in [0.1, 0.15) is 23.7 Å². The first kappa shape index (κ1) is 17.6. The van der Waals surface area contributed by atoms with Gasteiger partial charge in [-0.3, -0.25) is 14.4 Å². The molecule has 130 valence electrons. The summed E-state index contributed by atoms with van der Waals surface area (Å²) >= 11 is 0. The predicted octanol–water partition coefficient (Wildman–Crippen LogP) is 0.496. The number of aliphatic carboxylic acids is 1. The molecule has 1 unspecified atom stereocenters. The zero-order chi connectivity index (χ0) is 17.9. The van der Waals surface area contributed by atoms with Crippen molar-refractivity contribution in [2.75, 3.05) is 26.8 Å². The molecule has 3 N–H and O–H groups in total. The summed E-state index contributed by atoms with van der Waals surface area (Å²) in [5.74, 6) is -1.22. The van der Waals surface area contributed by atoms with Crippen LogP contribution in [0.2, 0.25) is 0 Å². The Morgan fingerprint density at radius 2 is 2.04 bits per heavy atom. The molecular weight excluding hydrogens is 316 g/mol. The van der Waals surface area contributed by atoms with Crippen molar-refractivity contribution in [1.82, 2.24) is 4.90 Å². The van der Waals surface area contributed by atoms with E-state index in [0.717, 1.165) is 0 Å². The summed E-state index contributed by atoms with van der Waals surface area (Å²) in [6, 6.07) is 4.55. The molecule has 8 nitrogen and oxygen atoms in total. The van der Waals surface area contributed by atoms with Gasteiger partial charge in [0, 0.05) is 18.7 Å². The molecule has 1 aromatic rings. The average Bonchev–Trinajstić information content (AvgIpc) is 2.96. The number of hydrogen-bond donors (Lipinski definition) is 2. The molecule has 1 aromatic carbocycles. The molecule has 2 amide bonds. The fraction of sp³-hybridized carbons (Fsp3) is 0.438. The number of hydrogen-bond acceptors (Lipinski definition) is 5. The molecule has 0 aromatic heterocycles. The third-order valence-corrected chi connectivity index (χ3v) is 4.06. The molecule has 1 fully saturated rings. The molecule has 1 saturated heterocycles. The normalized spacial score (nSPS) is 19.8. The van der Waals surface area contributed by atoms with E-state index in [-0.39, 0.29) is 19.1 Å². The number of methoxy groups -OCH3 is 1. The third kappa shape index (κ3) is 3.58. The first-order chi connectivity index (χ1) is 11.3. The van der Waals surface area contributed by atoms with Gasteiger partial charge < -0.3 is 25.2 Å². The summed E-state index contributed by atoms with van der Waals surface area (Å²) in [6.07, 6.45) is 0.408. The van der Waals surface area contributed by atoms with Gasteiger partial charge in [0.05, 0.1) is 12.5 Å². The molecule has 2 rings (SSSR count). The molecule has 0 bridgehead atoms. The van der Waals surface area contributed by atoms with Crippen LogP contribution in [0, 0.1) is 5.41 Å². The second-order valence-corrected chi connectivity index (χ2v) is 5.96. The van der Waals surface area contributed by atoms with Gasteiger partial charge in [0.2, 0.25) is 0 Å². The van der Waals surface area contributed by atoms with E-state index in [1.165, 1.54) is 30.2 Å². The minimum Gasteiger partial charge on any atom is -0.493 e. The van der Waals surface area contributed by atoms with Crippen molar-refractivity contribution in [3.8, 4) is 11.5 Å². The van der Waals surface area contributed by atoms with E-state index >= 15 is 0 Å². The van der Waals surface area contributed by atoms with Gasteiger partial charge in [-0.1, -0.05) is 0 Å². The van der Waals surface area contributed by atoms with Gasteiger partial charge in [-0.25, -0.2) is 0 Å². The van der Waals surface area contributed by atoms with Crippen LogP contribution in [0.15, 0.2) is 18.2 Å². The average molecular weight is 336 g/mol. The zero-order valence-electron chi connectivity index (χ0n) is 13.6. The summed E-state index contributed by atoms with van der Waals surface area (Å²) in [5.41, 5.74) is 4.46. The van der Waals surface area contributed by atoms with Gasteiger partial charge in [0.25, 0.3) is 11.8 Å². The Morgan fingerprint density at radius 3 is 2.58 bits per heavy atom. The summed E-state index contributed by atoms with van der Waals surface area (Å²) in [5, 5.41) is 9.25. The van der Waals surface area contributed by atoms with Crippen molar-refractivity contribution < 1.29 is 29.0 Å². The Kier molecular flexibility index (Phi) is 4.96. The van der Waals surface area contributed by atoms with Gasteiger partial charge in [0.15, 0.2) is 18.1 Å². The quantitative estimate of drug-likeness (QED) is 0.780. The first-order valence-corrected chi connectivity index (χ1v) is 7.38. The van der Waals surface area contributed by atoms with E-state index in [9.17, 15) is 19.5 Å². The number of carboxylic acids is 1. The van der Waals surface area contributed by atoms with E-state index < -0.39 is 17.3 Å². The zero-order valence-corrected chi connectivity index (χ0v) is 13.6. The Bertz CT molecular complexity index is 675. The maximum Gasteiger partial charge on any atom is 0.311 e. The molecule has 1 aliphatic heterocycles.